The highest BCUT2D eigenvalue weighted by molar-refractivity contribution is 5.76. The van der Waals surface area contributed by atoms with E-state index in [4.69, 9.17) is 0 Å². The number of anilines is 1. The number of benzene rings is 1. The van der Waals surface area contributed by atoms with Crippen molar-refractivity contribution in [3.8, 4) is 0 Å². The summed E-state index contributed by atoms with van der Waals surface area (Å²) in [6.07, 6.45) is 13.2. The highest BCUT2D eigenvalue weighted by atomic mass is 16.4. The summed E-state index contributed by atoms with van der Waals surface area (Å²) in [5.41, 5.74) is 1.98. The number of aliphatic carboxylic acids is 1. The fourth-order valence-corrected chi connectivity index (χ4v) is 3.83. The van der Waals surface area contributed by atoms with Gasteiger partial charge < -0.3 is 10.4 Å². The maximum atomic E-state index is 11.2. The van der Waals surface area contributed by atoms with Crippen LogP contribution in [0.4, 0.5) is 5.69 Å². The second-order valence-corrected chi connectivity index (χ2v) is 7.20. The van der Waals surface area contributed by atoms with Gasteiger partial charge in [-0.15, -0.1) is 0 Å². The first-order valence-corrected chi connectivity index (χ1v) is 9.77. The predicted octanol–water partition coefficient (Wildman–Crippen LogP) is 5.82. The second kappa shape index (κ2) is 10.4. The summed E-state index contributed by atoms with van der Waals surface area (Å²) >= 11 is 0. The van der Waals surface area contributed by atoms with Gasteiger partial charge in [-0.05, 0) is 36.5 Å². The molecule has 2 rings (SSSR count). The topological polar surface area (TPSA) is 49.3 Å². The minimum absolute atomic E-state index is 0.390. The van der Waals surface area contributed by atoms with Crippen molar-refractivity contribution in [1.29, 1.82) is 0 Å². The molecule has 3 heteroatoms. The molecule has 3 nitrogen and oxygen atoms in total. The molecule has 1 saturated carbocycles. The molecule has 1 aliphatic rings. The van der Waals surface area contributed by atoms with Crippen molar-refractivity contribution in [1.82, 2.24) is 0 Å². The van der Waals surface area contributed by atoms with Gasteiger partial charge in [0.15, 0.2) is 0 Å². The van der Waals surface area contributed by atoms with Gasteiger partial charge in [-0.25, -0.2) is 0 Å². The quantitative estimate of drug-likeness (QED) is 0.443. The fourth-order valence-electron chi connectivity index (χ4n) is 3.83. The van der Waals surface area contributed by atoms with Crippen molar-refractivity contribution in [3.05, 3.63) is 29.8 Å². The molecular formula is C21H33NO2. The van der Waals surface area contributed by atoms with E-state index in [2.05, 4.69) is 5.32 Å². The van der Waals surface area contributed by atoms with Crippen molar-refractivity contribution in [2.75, 3.05) is 11.9 Å². The zero-order valence-corrected chi connectivity index (χ0v) is 15.1. The van der Waals surface area contributed by atoms with Crippen LogP contribution in [0.1, 0.15) is 82.6 Å². The number of unbranched alkanes of at least 4 members (excludes halogenated alkanes) is 1. The van der Waals surface area contributed by atoms with Gasteiger partial charge in [0, 0.05) is 12.2 Å². The summed E-state index contributed by atoms with van der Waals surface area (Å²) in [5, 5.41) is 12.7. The van der Waals surface area contributed by atoms with Crippen LogP contribution in [0, 0.1) is 5.92 Å². The van der Waals surface area contributed by atoms with E-state index in [1.165, 1.54) is 57.8 Å². The largest absolute Gasteiger partial charge is 0.481 e. The maximum absolute atomic E-state index is 11.2. The van der Waals surface area contributed by atoms with E-state index in [0.717, 1.165) is 23.7 Å². The third kappa shape index (κ3) is 6.18. The van der Waals surface area contributed by atoms with Crippen LogP contribution in [0.5, 0.6) is 0 Å². The van der Waals surface area contributed by atoms with Gasteiger partial charge in [0.25, 0.3) is 0 Å². The summed E-state index contributed by atoms with van der Waals surface area (Å²) < 4.78 is 0. The van der Waals surface area contributed by atoms with E-state index < -0.39 is 11.9 Å². The molecule has 1 unspecified atom stereocenters. The third-order valence-corrected chi connectivity index (χ3v) is 5.36. The molecule has 2 N–H and O–H groups in total. The van der Waals surface area contributed by atoms with Crippen LogP contribution >= 0.6 is 0 Å². The van der Waals surface area contributed by atoms with Gasteiger partial charge in [0.2, 0.25) is 0 Å². The molecule has 24 heavy (non-hydrogen) atoms. The van der Waals surface area contributed by atoms with Gasteiger partial charge >= 0.3 is 5.97 Å². The third-order valence-electron chi connectivity index (χ3n) is 5.36. The van der Waals surface area contributed by atoms with E-state index in [-0.39, 0.29) is 0 Å². The van der Waals surface area contributed by atoms with Gasteiger partial charge in [-0.2, -0.15) is 0 Å². The minimum Gasteiger partial charge on any atom is -0.481 e. The number of carbonyl (C=O) groups is 1. The lowest BCUT2D eigenvalue weighted by atomic mass is 9.94. The normalized spacial score (nSPS) is 17.2. The maximum Gasteiger partial charge on any atom is 0.310 e. The SMILES string of the molecule is CCC(C(=O)O)c1ccc(NCCCCC2CCCCCC2)cc1. The van der Waals surface area contributed by atoms with Crippen molar-refractivity contribution in [2.24, 2.45) is 5.92 Å². The van der Waals surface area contributed by atoms with Gasteiger partial charge in [0.05, 0.1) is 5.92 Å². The Balaban J connectivity index is 1.66. The van der Waals surface area contributed by atoms with Crippen molar-refractivity contribution in [2.45, 2.75) is 77.0 Å². The summed E-state index contributed by atoms with van der Waals surface area (Å²) in [7, 11) is 0. The zero-order valence-electron chi connectivity index (χ0n) is 15.1. The number of nitrogens with one attached hydrogen (secondary N) is 1. The highest BCUT2D eigenvalue weighted by Gasteiger charge is 2.17. The lowest BCUT2D eigenvalue weighted by Gasteiger charge is -2.14. The Bertz CT molecular complexity index is 475. The number of carboxylic acid groups (broad SMARTS) is 1. The van der Waals surface area contributed by atoms with Crippen molar-refractivity contribution >= 4 is 11.7 Å². The molecule has 0 bridgehead atoms. The monoisotopic (exact) mass is 331 g/mol. The number of rotatable bonds is 9. The Morgan fingerprint density at radius 2 is 1.79 bits per heavy atom. The van der Waals surface area contributed by atoms with Gasteiger partial charge in [-0.1, -0.05) is 70.4 Å². The van der Waals surface area contributed by atoms with Crippen LogP contribution in [-0.2, 0) is 4.79 Å². The molecule has 0 spiro atoms. The fraction of sp³-hybridized carbons (Fsp3) is 0.667. The van der Waals surface area contributed by atoms with Crippen LogP contribution in [0.15, 0.2) is 24.3 Å². The Hall–Kier alpha value is -1.51. The van der Waals surface area contributed by atoms with Gasteiger partial charge in [0.1, 0.15) is 0 Å². The summed E-state index contributed by atoms with van der Waals surface area (Å²) in [4.78, 5) is 11.2. The molecule has 0 aliphatic heterocycles. The zero-order chi connectivity index (χ0) is 17.2. The van der Waals surface area contributed by atoms with E-state index in [1.54, 1.807) is 0 Å². The summed E-state index contributed by atoms with van der Waals surface area (Å²) in [5.74, 6) is -0.163. The molecule has 1 aliphatic carbocycles. The van der Waals surface area contributed by atoms with E-state index in [1.807, 2.05) is 31.2 Å². The lowest BCUT2D eigenvalue weighted by Crippen LogP contribution is -2.10. The molecule has 134 valence electrons. The molecule has 0 radical (unpaired) electrons. The number of carboxylic acids is 1. The van der Waals surface area contributed by atoms with Gasteiger partial charge in [-0.3, -0.25) is 4.79 Å². The summed E-state index contributed by atoms with van der Waals surface area (Å²) in [6, 6.07) is 7.89. The van der Waals surface area contributed by atoms with Crippen LogP contribution in [0.25, 0.3) is 0 Å². The van der Waals surface area contributed by atoms with Crippen molar-refractivity contribution in [3.63, 3.8) is 0 Å². The smallest absolute Gasteiger partial charge is 0.310 e. The van der Waals surface area contributed by atoms with Crippen LogP contribution < -0.4 is 5.32 Å². The standard InChI is InChI=1S/C21H33NO2/c1-2-20(21(23)24)18-12-14-19(15-13-18)22-16-8-7-11-17-9-5-3-4-6-10-17/h12-15,17,20,22H,2-11,16H2,1H3,(H,23,24). The van der Waals surface area contributed by atoms with E-state index >= 15 is 0 Å². The Kier molecular flexibility index (Phi) is 8.14. The first-order chi connectivity index (χ1) is 11.7. The second-order valence-electron chi connectivity index (χ2n) is 7.20. The molecule has 0 saturated heterocycles. The van der Waals surface area contributed by atoms with Crippen LogP contribution in [0.2, 0.25) is 0 Å². The first-order valence-electron chi connectivity index (χ1n) is 9.77. The molecule has 1 fully saturated rings. The molecule has 1 atom stereocenters. The van der Waals surface area contributed by atoms with E-state index in [9.17, 15) is 9.90 Å². The number of hydrogen-bond donors (Lipinski definition) is 2. The molecule has 0 amide bonds. The predicted molar refractivity (Wildman–Crippen MR) is 101 cm³/mol. The van der Waals surface area contributed by atoms with E-state index in [0.29, 0.717) is 6.42 Å². The minimum atomic E-state index is -0.739. The Morgan fingerprint density at radius 3 is 2.38 bits per heavy atom. The highest BCUT2D eigenvalue weighted by Crippen LogP contribution is 2.27. The van der Waals surface area contributed by atoms with Crippen LogP contribution in [-0.4, -0.2) is 17.6 Å². The molecule has 0 heterocycles. The molecular weight excluding hydrogens is 298 g/mol. The Morgan fingerprint density at radius 1 is 1.12 bits per heavy atom. The molecule has 1 aromatic carbocycles. The average Bonchev–Trinajstić information content (AvgIpc) is 2.85. The van der Waals surface area contributed by atoms with Crippen molar-refractivity contribution < 1.29 is 9.90 Å². The lowest BCUT2D eigenvalue weighted by molar-refractivity contribution is -0.138. The molecule has 0 aromatic heterocycles. The van der Waals surface area contributed by atoms with Crippen LogP contribution in [0.3, 0.4) is 0 Å². The number of hydrogen-bond acceptors (Lipinski definition) is 2. The molecule has 1 aromatic rings. The summed E-state index contributed by atoms with van der Waals surface area (Å²) in [6.45, 7) is 2.92. The average molecular weight is 332 g/mol. The Labute approximate surface area is 146 Å². The first kappa shape index (κ1) is 18.8.